The van der Waals surface area contributed by atoms with E-state index in [0.717, 1.165) is 23.5 Å². The molecule has 0 spiro atoms. The standard InChI is InChI=1S/C14H16N2O2/c1-4-13-9(2)15-16(10(13)3)12-7-5-6-11(8-12)14(17)18/h5-8H,4H2,1-3H3,(H,17,18). The molecule has 0 amide bonds. The lowest BCUT2D eigenvalue weighted by atomic mass is 10.1. The van der Waals surface area contributed by atoms with Crippen molar-refractivity contribution in [3.05, 3.63) is 46.8 Å². The Balaban J connectivity index is 2.55. The Morgan fingerprint density at radius 1 is 1.39 bits per heavy atom. The van der Waals surface area contributed by atoms with Gasteiger partial charge < -0.3 is 5.11 Å². The first kappa shape index (κ1) is 12.4. The minimum absolute atomic E-state index is 0.276. The minimum atomic E-state index is -0.922. The van der Waals surface area contributed by atoms with Gasteiger partial charge in [-0.05, 0) is 44.0 Å². The SMILES string of the molecule is CCc1c(C)nn(-c2cccc(C(=O)O)c2)c1C. The highest BCUT2D eigenvalue weighted by molar-refractivity contribution is 5.88. The first-order chi connectivity index (χ1) is 8.54. The quantitative estimate of drug-likeness (QED) is 0.903. The summed E-state index contributed by atoms with van der Waals surface area (Å²) in [6, 6.07) is 6.83. The van der Waals surface area contributed by atoms with E-state index in [2.05, 4.69) is 12.0 Å². The zero-order valence-corrected chi connectivity index (χ0v) is 10.8. The van der Waals surface area contributed by atoms with Crippen LogP contribution in [-0.4, -0.2) is 20.9 Å². The molecule has 0 fully saturated rings. The fourth-order valence-electron chi connectivity index (χ4n) is 2.21. The largest absolute Gasteiger partial charge is 0.478 e. The molecule has 0 bridgehead atoms. The van der Waals surface area contributed by atoms with Gasteiger partial charge in [0.2, 0.25) is 0 Å². The molecule has 1 aromatic carbocycles. The molecule has 1 N–H and O–H groups in total. The second-order valence-corrected chi connectivity index (χ2v) is 4.27. The Kier molecular flexibility index (Phi) is 3.19. The number of carboxylic acid groups (broad SMARTS) is 1. The number of aryl methyl sites for hydroxylation is 1. The average molecular weight is 244 g/mol. The smallest absolute Gasteiger partial charge is 0.335 e. The molecule has 1 aromatic heterocycles. The number of hydrogen-bond acceptors (Lipinski definition) is 2. The number of carboxylic acids is 1. The fourth-order valence-corrected chi connectivity index (χ4v) is 2.21. The average Bonchev–Trinajstić information content (AvgIpc) is 2.64. The Morgan fingerprint density at radius 2 is 2.11 bits per heavy atom. The second-order valence-electron chi connectivity index (χ2n) is 4.27. The van der Waals surface area contributed by atoms with Crippen LogP contribution in [0.1, 0.15) is 34.2 Å². The van der Waals surface area contributed by atoms with E-state index >= 15 is 0 Å². The van der Waals surface area contributed by atoms with Gasteiger partial charge in [-0.15, -0.1) is 0 Å². The van der Waals surface area contributed by atoms with Crippen molar-refractivity contribution in [2.45, 2.75) is 27.2 Å². The van der Waals surface area contributed by atoms with Crippen LogP contribution in [0.25, 0.3) is 5.69 Å². The number of benzene rings is 1. The van der Waals surface area contributed by atoms with Crippen molar-refractivity contribution in [1.82, 2.24) is 9.78 Å². The van der Waals surface area contributed by atoms with Crippen molar-refractivity contribution in [2.75, 3.05) is 0 Å². The summed E-state index contributed by atoms with van der Waals surface area (Å²) in [6.07, 6.45) is 0.927. The molecule has 0 aliphatic carbocycles. The molecule has 1 heterocycles. The van der Waals surface area contributed by atoms with Gasteiger partial charge in [0, 0.05) is 5.69 Å². The second kappa shape index (κ2) is 4.64. The molecule has 0 radical (unpaired) electrons. The lowest BCUT2D eigenvalue weighted by Crippen LogP contribution is -2.02. The van der Waals surface area contributed by atoms with E-state index in [-0.39, 0.29) is 5.56 Å². The molecule has 0 aliphatic rings. The van der Waals surface area contributed by atoms with Crippen LogP contribution in [0.15, 0.2) is 24.3 Å². The molecule has 0 saturated carbocycles. The van der Waals surface area contributed by atoms with Crippen molar-refractivity contribution >= 4 is 5.97 Å². The van der Waals surface area contributed by atoms with Crippen molar-refractivity contribution in [3.63, 3.8) is 0 Å². The summed E-state index contributed by atoms with van der Waals surface area (Å²) in [7, 11) is 0. The summed E-state index contributed by atoms with van der Waals surface area (Å²) in [4.78, 5) is 11.0. The van der Waals surface area contributed by atoms with Crippen molar-refractivity contribution < 1.29 is 9.90 Å². The summed E-state index contributed by atoms with van der Waals surface area (Å²) in [5.74, 6) is -0.922. The van der Waals surface area contributed by atoms with E-state index < -0.39 is 5.97 Å². The monoisotopic (exact) mass is 244 g/mol. The normalized spacial score (nSPS) is 10.6. The van der Waals surface area contributed by atoms with Crippen LogP contribution in [0.5, 0.6) is 0 Å². The molecule has 0 saturated heterocycles. The summed E-state index contributed by atoms with van der Waals surface area (Å²) < 4.78 is 1.81. The molecule has 94 valence electrons. The Bertz CT molecular complexity index is 600. The molecule has 0 unspecified atom stereocenters. The molecule has 18 heavy (non-hydrogen) atoms. The van der Waals surface area contributed by atoms with Gasteiger partial charge in [0.15, 0.2) is 0 Å². The molecular weight excluding hydrogens is 228 g/mol. The zero-order valence-electron chi connectivity index (χ0n) is 10.8. The Labute approximate surface area is 106 Å². The minimum Gasteiger partial charge on any atom is -0.478 e. The van der Waals surface area contributed by atoms with Crippen LogP contribution in [-0.2, 0) is 6.42 Å². The lowest BCUT2D eigenvalue weighted by molar-refractivity contribution is 0.0697. The van der Waals surface area contributed by atoms with Gasteiger partial charge in [-0.1, -0.05) is 13.0 Å². The first-order valence-corrected chi connectivity index (χ1v) is 5.93. The highest BCUT2D eigenvalue weighted by Gasteiger charge is 2.12. The molecule has 2 rings (SSSR count). The summed E-state index contributed by atoms with van der Waals surface area (Å²) in [6.45, 7) is 6.07. The third kappa shape index (κ3) is 2.01. The number of nitrogens with zero attached hydrogens (tertiary/aromatic N) is 2. The summed E-state index contributed by atoms with van der Waals surface area (Å²) in [5.41, 5.74) is 4.34. The Morgan fingerprint density at radius 3 is 2.67 bits per heavy atom. The maximum absolute atomic E-state index is 11.0. The van der Waals surface area contributed by atoms with E-state index in [1.54, 1.807) is 22.9 Å². The van der Waals surface area contributed by atoms with Crippen molar-refractivity contribution in [1.29, 1.82) is 0 Å². The highest BCUT2D eigenvalue weighted by atomic mass is 16.4. The van der Waals surface area contributed by atoms with E-state index in [1.165, 1.54) is 5.56 Å². The van der Waals surface area contributed by atoms with Gasteiger partial charge in [0.05, 0.1) is 16.9 Å². The molecule has 0 atom stereocenters. The van der Waals surface area contributed by atoms with Crippen LogP contribution >= 0.6 is 0 Å². The van der Waals surface area contributed by atoms with E-state index in [1.807, 2.05) is 19.9 Å². The fraction of sp³-hybridized carbons (Fsp3) is 0.286. The molecule has 4 heteroatoms. The lowest BCUT2D eigenvalue weighted by Gasteiger charge is -2.05. The predicted molar refractivity (Wildman–Crippen MR) is 69.4 cm³/mol. The summed E-state index contributed by atoms with van der Waals surface area (Å²) in [5, 5.41) is 13.5. The van der Waals surface area contributed by atoms with Gasteiger partial charge in [0.1, 0.15) is 0 Å². The molecule has 0 aliphatic heterocycles. The van der Waals surface area contributed by atoms with Crippen LogP contribution in [0.4, 0.5) is 0 Å². The third-order valence-electron chi connectivity index (χ3n) is 3.13. The van der Waals surface area contributed by atoms with Crippen LogP contribution in [0, 0.1) is 13.8 Å². The number of carbonyl (C=O) groups is 1. The highest BCUT2D eigenvalue weighted by Crippen LogP contribution is 2.19. The maximum atomic E-state index is 11.0. The van der Waals surface area contributed by atoms with Crippen molar-refractivity contribution in [3.8, 4) is 5.69 Å². The summed E-state index contributed by atoms with van der Waals surface area (Å²) >= 11 is 0. The number of hydrogen-bond donors (Lipinski definition) is 1. The topological polar surface area (TPSA) is 55.1 Å². The van der Waals surface area contributed by atoms with Gasteiger partial charge >= 0.3 is 5.97 Å². The molecular formula is C14H16N2O2. The van der Waals surface area contributed by atoms with Gasteiger partial charge in [-0.25, -0.2) is 9.48 Å². The predicted octanol–water partition coefficient (Wildman–Crippen LogP) is 2.75. The Hall–Kier alpha value is -2.10. The van der Waals surface area contributed by atoms with E-state index in [4.69, 9.17) is 5.11 Å². The number of rotatable bonds is 3. The maximum Gasteiger partial charge on any atom is 0.335 e. The van der Waals surface area contributed by atoms with Gasteiger partial charge in [-0.2, -0.15) is 5.10 Å². The van der Waals surface area contributed by atoms with Gasteiger partial charge in [-0.3, -0.25) is 0 Å². The van der Waals surface area contributed by atoms with Crippen molar-refractivity contribution in [2.24, 2.45) is 0 Å². The van der Waals surface area contributed by atoms with Crippen LogP contribution in [0.2, 0.25) is 0 Å². The number of aromatic nitrogens is 2. The van der Waals surface area contributed by atoms with Crippen LogP contribution < -0.4 is 0 Å². The van der Waals surface area contributed by atoms with Gasteiger partial charge in [0.25, 0.3) is 0 Å². The van der Waals surface area contributed by atoms with E-state index in [9.17, 15) is 4.79 Å². The first-order valence-electron chi connectivity index (χ1n) is 5.93. The molecule has 2 aromatic rings. The molecule has 4 nitrogen and oxygen atoms in total. The number of aromatic carboxylic acids is 1. The zero-order chi connectivity index (χ0) is 13.3. The van der Waals surface area contributed by atoms with Crippen LogP contribution in [0.3, 0.4) is 0 Å². The van der Waals surface area contributed by atoms with E-state index in [0.29, 0.717) is 0 Å². The third-order valence-corrected chi connectivity index (χ3v) is 3.13.